The molecule has 0 bridgehead atoms. The van der Waals surface area contributed by atoms with Crippen LogP contribution in [-0.4, -0.2) is 5.11 Å². The van der Waals surface area contributed by atoms with Crippen molar-refractivity contribution >= 4 is 43.2 Å². The fourth-order valence-electron chi connectivity index (χ4n) is 1.11. The zero-order valence-electron chi connectivity index (χ0n) is 7.55. The summed E-state index contributed by atoms with van der Waals surface area (Å²) < 4.78 is 2.01. The van der Waals surface area contributed by atoms with Gasteiger partial charge in [-0.2, -0.15) is 0 Å². The molecule has 1 heterocycles. The van der Waals surface area contributed by atoms with Crippen LogP contribution in [0.15, 0.2) is 14.3 Å². The zero-order valence-corrected chi connectivity index (χ0v) is 11.5. The number of hydrogen-bond donors (Lipinski definition) is 1. The first-order valence-corrected chi connectivity index (χ1v) is 6.59. The Morgan fingerprint density at radius 2 is 2.08 bits per heavy atom. The minimum absolute atomic E-state index is 0.342. The van der Waals surface area contributed by atoms with E-state index in [-0.39, 0.29) is 6.10 Å². The number of rotatable bonds is 3. The van der Waals surface area contributed by atoms with Crippen molar-refractivity contribution in [3.8, 4) is 0 Å². The third-order valence-corrected chi connectivity index (χ3v) is 5.37. The van der Waals surface area contributed by atoms with Gasteiger partial charge < -0.3 is 5.11 Å². The molecule has 0 aromatic carbocycles. The van der Waals surface area contributed by atoms with Crippen LogP contribution in [0.25, 0.3) is 0 Å². The molecule has 0 spiro atoms. The van der Waals surface area contributed by atoms with Crippen molar-refractivity contribution in [1.29, 1.82) is 0 Å². The molecule has 1 atom stereocenters. The van der Waals surface area contributed by atoms with E-state index in [1.54, 1.807) is 11.3 Å². The summed E-state index contributed by atoms with van der Waals surface area (Å²) in [4.78, 5) is 1.01. The van der Waals surface area contributed by atoms with Crippen LogP contribution in [0.4, 0.5) is 0 Å². The van der Waals surface area contributed by atoms with Crippen LogP contribution in [0.1, 0.15) is 31.2 Å². The van der Waals surface area contributed by atoms with Crippen molar-refractivity contribution in [2.75, 3.05) is 0 Å². The number of halogens is 2. The molecule has 0 fully saturated rings. The summed E-state index contributed by atoms with van der Waals surface area (Å²) in [6.45, 7) is 4.22. The summed E-state index contributed by atoms with van der Waals surface area (Å²) in [6, 6.07) is 0. The van der Waals surface area contributed by atoms with E-state index in [1.165, 1.54) is 0 Å². The Kier molecular flexibility index (Phi) is 4.42. The number of aliphatic hydroxyl groups is 1. The number of aliphatic hydroxyl groups excluding tert-OH is 1. The van der Waals surface area contributed by atoms with Crippen LogP contribution in [0, 0.1) is 5.92 Å². The highest BCUT2D eigenvalue weighted by atomic mass is 79.9. The molecule has 0 radical (unpaired) electrons. The van der Waals surface area contributed by atoms with Crippen LogP contribution >= 0.6 is 43.2 Å². The molecule has 4 heteroatoms. The SMILES string of the molecule is CC(C)CC(O)c1scc(Br)c1Br. The molecule has 1 unspecified atom stereocenters. The monoisotopic (exact) mass is 326 g/mol. The summed E-state index contributed by atoms with van der Waals surface area (Å²) in [5, 5.41) is 11.8. The fourth-order valence-corrected chi connectivity index (χ4v) is 3.37. The number of thiophene rings is 1. The lowest BCUT2D eigenvalue weighted by atomic mass is 10.1. The summed E-state index contributed by atoms with van der Waals surface area (Å²) in [5.74, 6) is 0.516. The van der Waals surface area contributed by atoms with E-state index in [4.69, 9.17) is 0 Å². The van der Waals surface area contributed by atoms with Gasteiger partial charge in [-0.1, -0.05) is 13.8 Å². The highest BCUT2D eigenvalue weighted by Crippen LogP contribution is 2.38. The molecule has 74 valence electrons. The quantitative estimate of drug-likeness (QED) is 0.874. The van der Waals surface area contributed by atoms with E-state index in [0.29, 0.717) is 5.92 Å². The minimum Gasteiger partial charge on any atom is -0.388 e. The van der Waals surface area contributed by atoms with Crippen LogP contribution in [0.5, 0.6) is 0 Å². The van der Waals surface area contributed by atoms with Crippen molar-refractivity contribution < 1.29 is 5.11 Å². The Hall–Kier alpha value is 0.620. The van der Waals surface area contributed by atoms with Crippen molar-refractivity contribution in [2.24, 2.45) is 5.92 Å². The maximum absolute atomic E-state index is 9.84. The van der Waals surface area contributed by atoms with Gasteiger partial charge in [-0.05, 0) is 44.2 Å². The summed E-state index contributed by atoms with van der Waals surface area (Å²) in [6.07, 6.45) is 0.469. The summed E-state index contributed by atoms with van der Waals surface area (Å²) >= 11 is 8.43. The van der Waals surface area contributed by atoms with Crippen molar-refractivity contribution in [3.63, 3.8) is 0 Å². The van der Waals surface area contributed by atoms with E-state index in [0.717, 1.165) is 20.2 Å². The average Bonchev–Trinajstić information content (AvgIpc) is 2.31. The molecule has 0 saturated heterocycles. The smallest absolute Gasteiger partial charge is 0.0896 e. The van der Waals surface area contributed by atoms with E-state index in [1.807, 2.05) is 5.38 Å². The van der Waals surface area contributed by atoms with Gasteiger partial charge in [0.2, 0.25) is 0 Å². The van der Waals surface area contributed by atoms with Gasteiger partial charge in [0.15, 0.2) is 0 Å². The summed E-state index contributed by atoms with van der Waals surface area (Å²) in [5.41, 5.74) is 0. The molecular formula is C9H12Br2OS. The normalized spacial score (nSPS) is 13.7. The second kappa shape index (κ2) is 4.91. The predicted molar refractivity (Wildman–Crippen MR) is 64.1 cm³/mol. The van der Waals surface area contributed by atoms with Crippen molar-refractivity contribution in [1.82, 2.24) is 0 Å². The molecule has 0 aliphatic heterocycles. The Morgan fingerprint density at radius 1 is 1.46 bits per heavy atom. The van der Waals surface area contributed by atoms with Crippen molar-refractivity contribution in [3.05, 3.63) is 19.2 Å². The van der Waals surface area contributed by atoms with Crippen LogP contribution < -0.4 is 0 Å². The Morgan fingerprint density at radius 3 is 2.46 bits per heavy atom. The first-order chi connectivity index (χ1) is 6.02. The average molecular weight is 328 g/mol. The van der Waals surface area contributed by atoms with Crippen LogP contribution in [-0.2, 0) is 0 Å². The molecule has 0 aliphatic carbocycles. The fraction of sp³-hybridized carbons (Fsp3) is 0.556. The highest BCUT2D eigenvalue weighted by molar-refractivity contribution is 9.13. The molecule has 1 aromatic rings. The third-order valence-electron chi connectivity index (χ3n) is 1.71. The maximum atomic E-state index is 9.84. The van der Waals surface area contributed by atoms with Gasteiger partial charge in [0.05, 0.1) is 6.10 Å². The van der Waals surface area contributed by atoms with Gasteiger partial charge in [0, 0.05) is 19.2 Å². The molecular weight excluding hydrogens is 316 g/mol. The molecule has 1 rings (SSSR count). The second-order valence-electron chi connectivity index (χ2n) is 3.41. The topological polar surface area (TPSA) is 20.2 Å². The third kappa shape index (κ3) is 3.05. The van der Waals surface area contributed by atoms with Gasteiger partial charge in [-0.15, -0.1) is 11.3 Å². The van der Waals surface area contributed by atoms with Crippen molar-refractivity contribution in [2.45, 2.75) is 26.4 Å². The standard InChI is InChI=1S/C9H12Br2OS/c1-5(2)3-7(12)9-8(11)6(10)4-13-9/h4-5,7,12H,3H2,1-2H3. The van der Waals surface area contributed by atoms with Gasteiger partial charge >= 0.3 is 0 Å². The Balaban J connectivity index is 2.76. The van der Waals surface area contributed by atoms with E-state index >= 15 is 0 Å². The first-order valence-electron chi connectivity index (χ1n) is 4.12. The lowest BCUT2D eigenvalue weighted by Crippen LogP contribution is -2.00. The minimum atomic E-state index is -0.342. The zero-order chi connectivity index (χ0) is 10.0. The van der Waals surface area contributed by atoms with Gasteiger partial charge in [0.25, 0.3) is 0 Å². The van der Waals surface area contributed by atoms with Crippen LogP contribution in [0.3, 0.4) is 0 Å². The molecule has 0 aliphatic rings. The van der Waals surface area contributed by atoms with E-state index < -0.39 is 0 Å². The molecule has 1 N–H and O–H groups in total. The first kappa shape index (κ1) is 11.7. The lowest BCUT2D eigenvalue weighted by Gasteiger charge is -2.11. The molecule has 13 heavy (non-hydrogen) atoms. The highest BCUT2D eigenvalue weighted by Gasteiger charge is 2.16. The molecule has 1 nitrogen and oxygen atoms in total. The van der Waals surface area contributed by atoms with Crippen LogP contribution in [0.2, 0.25) is 0 Å². The van der Waals surface area contributed by atoms with E-state index in [9.17, 15) is 5.11 Å². The Bertz CT molecular complexity index is 283. The van der Waals surface area contributed by atoms with Gasteiger partial charge in [-0.25, -0.2) is 0 Å². The molecule has 0 amide bonds. The predicted octanol–water partition coefficient (Wildman–Crippen LogP) is 4.35. The van der Waals surface area contributed by atoms with E-state index in [2.05, 4.69) is 45.7 Å². The largest absolute Gasteiger partial charge is 0.388 e. The maximum Gasteiger partial charge on any atom is 0.0896 e. The molecule has 0 saturated carbocycles. The Labute approximate surface area is 99.4 Å². The molecule has 1 aromatic heterocycles. The van der Waals surface area contributed by atoms with Gasteiger partial charge in [-0.3, -0.25) is 0 Å². The van der Waals surface area contributed by atoms with Gasteiger partial charge in [0.1, 0.15) is 0 Å². The lowest BCUT2D eigenvalue weighted by molar-refractivity contribution is 0.154. The second-order valence-corrected chi connectivity index (χ2v) is 5.97. The number of hydrogen-bond acceptors (Lipinski definition) is 2. The summed E-state index contributed by atoms with van der Waals surface area (Å²) in [7, 11) is 0.